The van der Waals surface area contributed by atoms with Crippen LogP contribution in [0.2, 0.25) is 0 Å². The Bertz CT molecular complexity index is 569. The van der Waals surface area contributed by atoms with Crippen LogP contribution in [0.3, 0.4) is 0 Å². The summed E-state index contributed by atoms with van der Waals surface area (Å²) in [4.78, 5) is 14.0. The van der Waals surface area contributed by atoms with E-state index in [0.29, 0.717) is 24.5 Å². The number of benzene rings is 1. The molecule has 0 spiro atoms. The molecular formula is C18H26N2O3. The molecule has 0 aromatic heterocycles. The molecule has 0 radical (unpaired) electrons. The molecular weight excluding hydrogens is 292 g/mol. The average Bonchev–Trinajstić information content (AvgIpc) is 3.34. The molecule has 0 saturated heterocycles. The first-order valence-electron chi connectivity index (χ1n) is 8.38. The topological polar surface area (TPSA) is 50.8 Å². The maximum absolute atomic E-state index is 12.3. The first kappa shape index (κ1) is 16.0. The third-order valence-electron chi connectivity index (χ3n) is 5.10. The Hall–Kier alpha value is -1.91. The van der Waals surface area contributed by atoms with Gasteiger partial charge in [0.1, 0.15) is 6.61 Å². The second-order valence-electron chi connectivity index (χ2n) is 7.05. The lowest BCUT2D eigenvalue weighted by Gasteiger charge is -2.30. The van der Waals surface area contributed by atoms with Gasteiger partial charge in [-0.1, -0.05) is 26.0 Å². The van der Waals surface area contributed by atoms with Crippen molar-refractivity contribution in [1.82, 2.24) is 10.2 Å². The number of hydrogen-bond donors (Lipinski definition) is 1. The highest BCUT2D eigenvalue weighted by Crippen LogP contribution is 2.51. The molecule has 0 bridgehead atoms. The van der Waals surface area contributed by atoms with Crippen molar-refractivity contribution in [3.8, 4) is 11.5 Å². The number of para-hydroxylation sites is 2. The smallest absolute Gasteiger partial charge is 0.317 e. The molecule has 5 nitrogen and oxygen atoms in total. The number of carbonyl (C=O) groups excluding carboxylic acids is 1. The number of rotatable bonds is 5. The molecule has 23 heavy (non-hydrogen) atoms. The van der Waals surface area contributed by atoms with Crippen molar-refractivity contribution in [2.24, 2.45) is 11.3 Å². The van der Waals surface area contributed by atoms with Crippen LogP contribution < -0.4 is 14.8 Å². The summed E-state index contributed by atoms with van der Waals surface area (Å²) in [6.45, 7) is 6.19. The summed E-state index contributed by atoms with van der Waals surface area (Å²) in [6.07, 6.45) is 2.29. The summed E-state index contributed by atoms with van der Waals surface area (Å²) >= 11 is 0. The number of urea groups is 1. The van der Waals surface area contributed by atoms with Crippen LogP contribution in [0.25, 0.3) is 0 Å². The summed E-state index contributed by atoms with van der Waals surface area (Å²) in [7, 11) is 1.80. The van der Waals surface area contributed by atoms with E-state index >= 15 is 0 Å². The molecule has 1 heterocycles. The van der Waals surface area contributed by atoms with Gasteiger partial charge in [0, 0.05) is 13.6 Å². The zero-order valence-electron chi connectivity index (χ0n) is 14.2. The lowest BCUT2D eigenvalue weighted by molar-refractivity contribution is 0.0713. The molecule has 3 rings (SSSR count). The van der Waals surface area contributed by atoms with Gasteiger partial charge >= 0.3 is 6.03 Å². The van der Waals surface area contributed by atoms with E-state index in [9.17, 15) is 4.79 Å². The second-order valence-corrected chi connectivity index (χ2v) is 7.05. The third kappa shape index (κ3) is 3.54. The summed E-state index contributed by atoms with van der Waals surface area (Å²) in [5.41, 5.74) is 0.319. The molecule has 2 aliphatic rings. The summed E-state index contributed by atoms with van der Waals surface area (Å²) in [5.74, 6) is 2.12. The Morgan fingerprint density at radius 3 is 2.70 bits per heavy atom. The van der Waals surface area contributed by atoms with Gasteiger partial charge in [0.15, 0.2) is 17.6 Å². The highest BCUT2D eigenvalue weighted by Gasteiger charge is 2.45. The van der Waals surface area contributed by atoms with E-state index in [2.05, 4.69) is 19.2 Å². The minimum absolute atomic E-state index is 0.0422. The van der Waals surface area contributed by atoms with Crippen molar-refractivity contribution in [1.29, 1.82) is 0 Å². The van der Waals surface area contributed by atoms with E-state index in [1.165, 1.54) is 12.8 Å². The molecule has 1 fully saturated rings. The van der Waals surface area contributed by atoms with Gasteiger partial charge in [0.2, 0.25) is 0 Å². The monoisotopic (exact) mass is 318 g/mol. The SMILES string of the molecule is CC(C)C1(CNC(=O)N(C)CC2COc3ccccc3O2)CC1. The van der Waals surface area contributed by atoms with E-state index in [-0.39, 0.29) is 12.1 Å². The standard InChI is InChI=1S/C18H26N2O3/c1-13(2)18(8-9-18)12-19-17(21)20(3)10-14-11-22-15-6-4-5-7-16(15)23-14/h4-7,13-14H,8-12H2,1-3H3,(H,19,21). The average molecular weight is 318 g/mol. The molecule has 1 aromatic rings. The predicted octanol–water partition coefficient (Wildman–Crippen LogP) is 2.90. The number of likely N-dealkylation sites (N-methyl/N-ethyl adjacent to an activating group) is 1. The van der Waals surface area contributed by atoms with Gasteiger partial charge in [-0.05, 0) is 36.3 Å². The normalized spacial score (nSPS) is 21.0. The quantitative estimate of drug-likeness (QED) is 0.908. The fraction of sp³-hybridized carbons (Fsp3) is 0.611. The molecule has 1 saturated carbocycles. The van der Waals surface area contributed by atoms with Crippen molar-refractivity contribution < 1.29 is 14.3 Å². The number of fused-ring (bicyclic) bond motifs is 1. The fourth-order valence-electron chi connectivity index (χ4n) is 3.05. The molecule has 1 aliphatic heterocycles. The van der Waals surface area contributed by atoms with E-state index in [1.54, 1.807) is 11.9 Å². The Labute approximate surface area is 137 Å². The lowest BCUT2D eigenvalue weighted by atomic mass is 9.92. The van der Waals surface area contributed by atoms with Crippen molar-refractivity contribution in [3.63, 3.8) is 0 Å². The Kier molecular flexibility index (Phi) is 4.37. The summed E-state index contributed by atoms with van der Waals surface area (Å²) in [5, 5.41) is 3.07. The van der Waals surface area contributed by atoms with Gasteiger partial charge in [-0.15, -0.1) is 0 Å². The number of nitrogens with zero attached hydrogens (tertiary/aromatic N) is 1. The Balaban J connectivity index is 1.48. The number of carbonyl (C=O) groups is 1. The zero-order chi connectivity index (χ0) is 16.4. The van der Waals surface area contributed by atoms with Gasteiger partial charge < -0.3 is 19.7 Å². The summed E-state index contributed by atoms with van der Waals surface area (Å²) in [6, 6.07) is 7.58. The lowest BCUT2D eigenvalue weighted by Crippen LogP contribution is -2.47. The maximum Gasteiger partial charge on any atom is 0.317 e. The highest BCUT2D eigenvalue weighted by molar-refractivity contribution is 5.74. The third-order valence-corrected chi connectivity index (χ3v) is 5.10. The van der Waals surface area contributed by atoms with Gasteiger partial charge in [-0.3, -0.25) is 0 Å². The van der Waals surface area contributed by atoms with Crippen LogP contribution in [0.4, 0.5) is 4.79 Å². The van der Waals surface area contributed by atoms with Crippen LogP contribution in [0, 0.1) is 11.3 Å². The van der Waals surface area contributed by atoms with Gasteiger partial charge in [0.05, 0.1) is 6.54 Å². The van der Waals surface area contributed by atoms with Crippen molar-refractivity contribution in [2.45, 2.75) is 32.8 Å². The van der Waals surface area contributed by atoms with E-state index < -0.39 is 0 Å². The van der Waals surface area contributed by atoms with E-state index in [0.717, 1.165) is 18.0 Å². The molecule has 5 heteroatoms. The van der Waals surface area contributed by atoms with Crippen LogP contribution in [0.5, 0.6) is 11.5 Å². The molecule has 1 atom stereocenters. The molecule has 1 unspecified atom stereocenters. The number of amides is 2. The van der Waals surface area contributed by atoms with Crippen molar-refractivity contribution in [2.75, 3.05) is 26.7 Å². The van der Waals surface area contributed by atoms with Gasteiger partial charge in [-0.25, -0.2) is 4.79 Å². The fourth-order valence-corrected chi connectivity index (χ4v) is 3.05. The van der Waals surface area contributed by atoms with Crippen LogP contribution in [-0.2, 0) is 0 Å². The largest absolute Gasteiger partial charge is 0.486 e. The highest BCUT2D eigenvalue weighted by atomic mass is 16.6. The van der Waals surface area contributed by atoms with Gasteiger partial charge in [0.25, 0.3) is 0 Å². The van der Waals surface area contributed by atoms with Gasteiger partial charge in [-0.2, -0.15) is 0 Å². The van der Waals surface area contributed by atoms with E-state index in [1.807, 2.05) is 24.3 Å². The van der Waals surface area contributed by atoms with Crippen LogP contribution in [0.1, 0.15) is 26.7 Å². The number of nitrogens with one attached hydrogen (secondary N) is 1. The minimum Gasteiger partial charge on any atom is -0.486 e. The molecule has 2 amide bonds. The number of hydrogen-bond acceptors (Lipinski definition) is 3. The molecule has 1 N–H and O–H groups in total. The van der Waals surface area contributed by atoms with Crippen LogP contribution >= 0.6 is 0 Å². The van der Waals surface area contributed by atoms with E-state index in [4.69, 9.17) is 9.47 Å². The Morgan fingerprint density at radius 2 is 2.04 bits per heavy atom. The van der Waals surface area contributed by atoms with Crippen LogP contribution in [0.15, 0.2) is 24.3 Å². The summed E-state index contributed by atoms with van der Waals surface area (Å²) < 4.78 is 11.6. The Morgan fingerprint density at radius 1 is 1.35 bits per heavy atom. The van der Waals surface area contributed by atoms with Crippen molar-refractivity contribution >= 4 is 6.03 Å². The zero-order valence-corrected chi connectivity index (χ0v) is 14.2. The first-order valence-corrected chi connectivity index (χ1v) is 8.38. The van der Waals surface area contributed by atoms with Crippen LogP contribution in [-0.4, -0.2) is 43.8 Å². The van der Waals surface area contributed by atoms with Crippen molar-refractivity contribution in [3.05, 3.63) is 24.3 Å². The maximum atomic E-state index is 12.3. The molecule has 126 valence electrons. The molecule has 1 aliphatic carbocycles. The second kappa shape index (κ2) is 6.30. The molecule has 1 aromatic carbocycles. The minimum atomic E-state index is -0.138. The number of ether oxygens (including phenoxy) is 2. The first-order chi connectivity index (χ1) is 11.0. The predicted molar refractivity (Wildman–Crippen MR) is 88.9 cm³/mol.